The number of para-hydroxylation sites is 2. The Labute approximate surface area is 270 Å². The summed E-state index contributed by atoms with van der Waals surface area (Å²) in [6.45, 7) is 13.3. The minimum Gasteiger partial charge on any atom is -0.457 e. The van der Waals surface area contributed by atoms with Crippen LogP contribution in [-0.2, 0) is 10.8 Å². The molecule has 0 bridgehead atoms. The monoisotopic (exact) mass is 606 g/mol. The molecule has 0 amide bonds. The molecule has 0 unspecified atom stereocenters. The molecule has 1 aliphatic rings. The first kappa shape index (κ1) is 29.4. The molecule has 1 aliphatic heterocycles. The predicted octanol–water partition coefficient (Wildman–Crippen LogP) is 10.9. The number of rotatable bonds is 5. The highest BCUT2D eigenvalue weighted by Gasteiger charge is 2.28. The fourth-order valence-corrected chi connectivity index (χ4v) is 5.64. The van der Waals surface area contributed by atoms with Gasteiger partial charge >= 0.3 is 0 Å². The first-order valence-corrected chi connectivity index (χ1v) is 15.6. The Morgan fingerprint density at radius 3 is 2.15 bits per heavy atom. The highest BCUT2D eigenvalue weighted by atomic mass is 16.5. The fraction of sp³-hybridized carbons (Fsp3) is 0.200. The number of anilines is 3. The molecular formula is C40H38N4O2. The van der Waals surface area contributed by atoms with Crippen molar-refractivity contribution in [3.8, 4) is 39.8 Å². The van der Waals surface area contributed by atoms with Crippen molar-refractivity contribution >= 4 is 17.2 Å². The molecule has 0 saturated carbocycles. The topological polar surface area (TPSA) is 52.4 Å². The van der Waals surface area contributed by atoms with Gasteiger partial charge in [-0.3, -0.25) is 4.90 Å². The van der Waals surface area contributed by atoms with Gasteiger partial charge in [0.25, 0.3) is 0 Å². The third-order valence-corrected chi connectivity index (χ3v) is 8.29. The molecule has 6 heteroatoms. The van der Waals surface area contributed by atoms with Crippen molar-refractivity contribution in [3.05, 3.63) is 133 Å². The lowest BCUT2D eigenvalue weighted by molar-refractivity contribution is 0.463. The molecule has 46 heavy (non-hydrogen) atoms. The quantitative estimate of drug-likeness (QED) is 0.195. The number of hydrogen-bond donors (Lipinski definition) is 0. The van der Waals surface area contributed by atoms with Gasteiger partial charge in [-0.25, -0.2) is 9.67 Å². The maximum absolute atomic E-state index is 6.64. The summed E-state index contributed by atoms with van der Waals surface area (Å²) in [7, 11) is 0. The van der Waals surface area contributed by atoms with Gasteiger partial charge in [-0.1, -0.05) is 84.0 Å². The molecule has 4 aromatic carbocycles. The van der Waals surface area contributed by atoms with Crippen LogP contribution in [0.1, 0.15) is 52.7 Å². The summed E-state index contributed by atoms with van der Waals surface area (Å²) in [6, 6.07) is 34.9. The summed E-state index contributed by atoms with van der Waals surface area (Å²) < 4.78 is 14.9. The van der Waals surface area contributed by atoms with E-state index in [1.807, 2.05) is 77.7 Å². The van der Waals surface area contributed by atoms with Crippen molar-refractivity contribution < 1.29 is 9.47 Å². The molecule has 6 aromatic rings. The van der Waals surface area contributed by atoms with Crippen molar-refractivity contribution in [1.29, 1.82) is 0 Å². The molecule has 0 saturated heterocycles. The van der Waals surface area contributed by atoms with Gasteiger partial charge < -0.3 is 9.47 Å². The predicted molar refractivity (Wildman–Crippen MR) is 185 cm³/mol. The van der Waals surface area contributed by atoms with E-state index in [9.17, 15) is 0 Å². The Hall–Kier alpha value is -5.36. The molecule has 7 rings (SSSR count). The molecule has 2 aromatic heterocycles. The average molecular weight is 607 g/mol. The van der Waals surface area contributed by atoms with Crippen LogP contribution in [0.5, 0.6) is 23.0 Å². The lowest BCUT2D eigenvalue weighted by Gasteiger charge is -2.33. The van der Waals surface area contributed by atoms with Gasteiger partial charge in [0.15, 0.2) is 11.5 Å². The molecule has 0 spiro atoms. The first-order valence-electron chi connectivity index (χ1n) is 15.6. The average Bonchev–Trinajstić information content (AvgIpc) is 3.54. The van der Waals surface area contributed by atoms with Gasteiger partial charge in [0.2, 0.25) is 0 Å². The second-order valence-electron chi connectivity index (χ2n) is 13.8. The maximum Gasteiger partial charge on any atom is 0.151 e. The third kappa shape index (κ3) is 5.74. The molecule has 3 heterocycles. The van der Waals surface area contributed by atoms with E-state index in [2.05, 4.69) is 95.1 Å². The first-order chi connectivity index (χ1) is 22.0. The van der Waals surface area contributed by atoms with Gasteiger partial charge in [0.1, 0.15) is 17.3 Å². The Morgan fingerprint density at radius 2 is 1.37 bits per heavy atom. The van der Waals surface area contributed by atoms with E-state index in [0.717, 1.165) is 56.8 Å². The largest absolute Gasteiger partial charge is 0.457 e. The van der Waals surface area contributed by atoms with Gasteiger partial charge in [0, 0.05) is 30.1 Å². The van der Waals surface area contributed by atoms with Gasteiger partial charge in [0.05, 0.1) is 23.3 Å². The van der Waals surface area contributed by atoms with Crippen molar-refractivity contribution in [1.82, 2.24) is 14.8 Å². The number of pyridine rings is 1. The van der Waals surface area contributed by atoms with Crippen LogP contribution in [0.3, 0.4) is 0 Å². The van der Waals surface area contributed by atoms with Crippen molar-refractivity contribution in [2.45, 2.75) is 52.4 Å². The molecule has 0 atom stereocenters. The van der Waals surface area contributed by atoms with E-state index in [0.29, 0.717) is 5.75 Å². The summed E-state index contributed by atoms with van der Waals surface area (Å²) in [5, 5.41) is 4.71. The van der Waals surface area contributed by atoms with Crippen molar-refractivity contribution in [3.63, 3.8) is 0 Å². The number of fused-ring (bicyclic) bond motifs is 2. The standard InChI is InChI=1S/C40H38N4O2/c1-39(2,3)29-18-19-41-38(22-29)44-34-14-10-11-15-36(34)46-37-17-16-32(24-35(37)44)45-33-21-30(40(4,5)6)20-31(23-33)43-26-28(25-42-43)27-12-8-7-9-13-27/h7-26H,1-6H3. The lowest BCUT2D eigenvalue weighted by atomic mass is 9.86. The second-order valence-corrected chi connectivity index (χ2v) is 13.8. The molecule has 0 aliphatic carbocycles. The van der Waals surface area contributed by atoms with E-state index in [-0.39, 0.29) is 10.8 Å². The Morgan fingerprint density at radius 1 is 0.630 bits per heavy atom. The third-order valence-electron chi connectivity index (χ3n) is 8.29. The molecular weight excluding hydrogens is 568 g/mol. The van der Waals surface area contributed by atoms with E-state index in [4.69, 9.17) is 19.6 Å². The van der Waals surface area contributed by atoms with Gasteiger partial charge in [-0.05, 0) is 76.1 Å². The van der Waals surface area contributed by atoms with Gasteiger partial charge in [-0.2, -0.15) is 5.10 Å². The minimum absolute atomic E-state index is 0.0243. The number of benzene rings is 4. The molecule has 0 fully saturated rings. The Kier molecular flexibility index (Phi) is 7.16. The summed E-state index contributed by atoms with van der Waals surface area (Å²) in [5.74, 6) is 3.77. The van der Waals surface area contributed by atoms with Crippen LogP contribution in [0, 0.1) is 0 Å². The zero-order valence-corrected chi connectivity index (χ0v) is 27.2. The maximum atomic E-state index is 6.64. The van der Waals surface area contributed by atoms with E-state index in [1.54, 1.807) is 0 Å². The number of aromatic nitrogens is 3. The summed E-state index contributed by atoms with van der Waals surface area (Å²) in [5.41, 5.74) is 7.14. The lowest BCUT2D eigenvalue weighted by Crippen LogP contribution is -2.18. The van der Waals surface area contributed by atoms with Crippen LogP contribution >= 0.6 is 0 Å². The Balaban J connectivity index is 1.28. The zero-order chi connectivity index (χ0) is 32.1. The van der Waals surface area contributed by atoms with Crippen LogP contribution < -0.4 is 14.4 Å². The van der Waals surface area contributed by atoms with E-state index < -0.39 is 0 Å². The summed E-state index contributed by atoms with van der Waals surface area (Å²) in [6.07, 6.45) is 5.84. The number of hydrogen-bond acceptors (Lipinski definition) is 5. The smallest absolute Gasteiger partial charge is 0.151 e. The van der Waals surface area contributed by atoms with Crippen LogP contribution in [0.2, 0.25) is 0 Å². The fourth-order valence-electron chi connectivity index (χ4n) is 5.64. The van der Waals surface area contributed by atoms with Crippen LogP contribution in [-0.4, -0.2) is 14.8 Å². The van der Waals surface area contributed by atoms with Crippen LogP contribution in [0.25, 0.3) is 16.8 Å². The van der Waals surface area contributed by atoms with Gasteiger partial charge in [-0.15, -0.1) is 0 Å². The molecule has 6 nitrogen and oxygen atoms in total. The summed E-state index contributed by atoms with van der Waals surface area (Å²) in [4.78, 5) is 6.97. The number of nitrogens with zero attached hydrogens (tertiary/aromatic N) is 4. The van der Waals surface area contributed by atoms with Crippen molar-refractivity contribution in [2.24, 2.45) is 0 Å². The van der Waals surface area contributed by atoms with E-state index >= 15 is 0 Å². The minimum atomic E-state index is -0.0997. The molecule has 230 valence electrons. The normalized spacial score (nSPS) is 12.7. The number of ether oxygens (including phenoxy) is 2. The Bertz CT molecular complexity index is 2030. The highest BCUT2D eigenvalue weighted by Crippen LogP contribution is 2.51. The van der Waals surface area contributed by atoms with E-state index in [1.165, 1.54) is 5.56 Å². The zero-order valence-electron chi connectivity index (χ0n) is 27.2. The van der Waals surface area contributed by atoms with Crippen molar-refractivity contribution in [2.75, 3.05) is 4.90 Å². The molecule has 0 N–H and O–H groups in total. The SMILES string of the molecule is CC(C)(C)c1cc(Oc2ccc3c(c2)N(c2cc(C(C)(C)C)ccn2)c2ccccc2O3)cc(-n2cc(-c3ccccc3)cn2)c1. The van der Waals surface area contributed by atoms with Crippen LogP contribution in [0.4, 0.5) is 17.2 Å². The second kappa shape index (κ2) is 11.2. The highest BCUT2D eigenvalue weighted by molar-refractivity contribution is 5.85. The summed E-state index contributed by atoms with van der Waals surface area (Å²) >= 11 is 0. The van der Waals surface area contributed by atoms with Crippen LogP contribution in [0.15, 0.2) is 122 Å². The molecule has 0 radical (unpaired) electrons.